The number of hydrogen-bond acceptors (Lipinski definition) is 4. The Labute approximate surface area is 152 Å². The summed E-state index contributed by atoms with van der Waals surface area (Å²) in [5.74, 6) is -0.0509. The van der Waals surface area contributed by atoms with E-state index in [2.05, 4.69) is 5.10 Å². The molecule has 136 valence electrons. The zero-order valence-corrected chi connectivity index (χ0v) is 14.7. The molecule has 1 saturated heterocycles. The van der Waals surface area contributed by atoms with Crippen LogP contribution >= 0.6 is 0 Å². The van der Waals surface area contributed by atoms with Gasteiger partial charge >= 0.3 is 0 Å². The quantitative estimate of drug-likeness (QED) is 0.847. The Morgan fingerprint density at radius 2 is 1.92 bits per heavy atom. The fraction of sp³-hybridized carbons (Fsp3) is 0.450. The van der Waals surface area contributed by atoms with Crippen LogP contribution < -0.4 is 5.56 Å². The zero-order valence-electron chi connectivity index (χ0n) is 14.7. The number of carbonyl (C=O) groups excluding carboxylic acids is 1. The van der Waals surface area contributed by atoms with Crippen molar-refractivity contribution in [1.82, 2.24) is 14.7 Å². The highest BCUT2D eigenvalue weighted by Gasteiger charge is 2.36. The summed E-state index contributed by atoms with van der Waals surface area (Å²) in [6, 6.07) is 13.0. The molecule has 6 heteroatoms. The van der Waals surface area contributed by atoms with Crippen LogP contribution in [0.2, 0.25) is 0 Å². The Balaban J connectivity index is 1.55. The summed E-state index contributed by atoms with van der Waals surface area (Å²) in [4.78, 5) is 27.0. The molecule has 1 amide bonds. The molecular weight excluding hydrogens is 330 g/mol. The predicted octanol–water partition coefficient (Wildman–Crippen LogP) is 2.08. The molecule has 0 radical (unpaired) electrons. The first kappa shape index (κ1) is 17.0. The maximum Gasteiger partial charge on any atom is 0.267 e. The fourth-order valence-corrected chi connectivity index (χ4v) is 3.95. The van der Waals surface area contributed by atoms with E-state index in [-0.39, 0.29) is 30.2 Å². The van der Waals surface area contributed by atoms with Gasteiger partial charge < -0.3 is 9.64 Å². The van der Waals surface area contributed by atoms with Gasteiger partial charge in [-0.3, -0.25) is 9.59 Å². The molecule has 2 atom stereocenters. The van der Waals surface area contributed by atoms with E-state index in [1.807, 2.05) is 35.2 Å². The van der Waals surface area contributed by atoms with Crippen LogP contribution in [0.25, 0.3) is 11.3 Å². The van der Waals surface area contributed by atoms with Gasteiger partial charge in [0.1, 0.15) is 6.54 Å². The third-order valence-corrected chi connectivity index (χ3v) is 5.27. The monoisotopic (exact) mass is 353 g/mol. The Morgan fingerprint density at radius 1 is 1.12 bits per heavy atom. The highest BCUT2D eigenvalue weighted by atomic mass is 16.5. The molecule has 0 N–H and O–H groups in total. The molecule has 2 aromatic rings. The average Bonchev–Trinajstić information content (AvgIpc) is 2.70. The maximum absolute atomic E-state index is 12.9. The molecule has 26 heavy (non-hydrogen) atoms. The van der Waals surface area contributed by atoms with E-state index in [0.717, 1.165) is 31.2 Å². The molecule has 1 aliphatic heterocycles. The van der Waals surface area contributed by atoms with E-state index in [1.54, 1.807) is 6.07 Å². The second-order valence-corrected chi connectivity index (χ2v) is 6.93. The number of ether oxygens (including phenoxy) is 1. The van der Waals surface area contributed by atoms with Crippen LogP contribution in [0.3, 0.4) is 0 Å². The molecule has 0 spiro atoms. The fourth-order valence-electron chi connectivity index (χ4n) is 3.95. The molecule has 1 aromatic carbocycles. The van der Waals surface area contributed by atoms with Crippen LogP contribution in [0, 0.1) is 0 Å². The summed E-state index contributed by atoms with van der Waals surface area (Å²) in [6.45, 7) is 1.13. The Morgan fingerprint density at radius 3 is 2.77 bits per heavy atom. The highest BCUT2D eigenvalue weighted by molar-refractivity contribution is 5.76. The number of amides is 1. The molecule has 1 saturated carbocycles. The smallest absolute Gasteiger partial charge is 0.267 e. The molecule has 2 aliphatic rings. The lowest BCUT2D eigenvalue weighted by atomic mass is 9.90. The summed E-state index contributed by atoms with van der Waals surface area (Å²) in [5, 5.41) is 4.41. The third kappa shape index (κ3) is 3.42. The molecule has 2 heterocycles. The molecule has 6 nitrogen and oxygen atoms in total. The highest BCUT2D eigenvalue weighted by Crippen LogP contribution is 2.28. The van der Waals surface area contributed by atoms with E-state index >= 15 is 0 Å². The lowest BCUT2D eigenvalue weighted by molar-refractivity contribution is -0.150. The van der Waals surface area contributed by atoms with Gasteiger partial charge in [-0.2, -0.15) is 5.10 Å². The van der Waals surface area contributed by atoms with Crippen LogP contribution in [0.5, 0.6) is 0 Å². The van der Waals surface area contributed by atoms with Crippen LogP contribution in [0.15, 0.2) is 47.3 Å². The largest absolute Gasteiger partial charge is 0.374 e. The number of fused-ring (bicyclic) bond motifs is 1. The van der Waals surface area contributed by atoms with Gasteiger partial charge in [0.2, 0.25) is 5.91 Å². The summed E-state index contributed by atoms with van der Waals surface area (Å²) < 4.78 is 7.11. The van der Waals surface area contributed by atoms with E-state index < -0.39 is 0 Å². The number of aromatic nitrogens is 2. The van der Waals surface area contributed by atoms with E-state index in [0.29, 0.717) is 18.8 Å². The van der Waals surface area contributed by atoms with Crippen molar-refractivity contribution in [3.63, 3.8) is 0 Å². The van der Waals surface area contributed by atoms with Gasteiger partial charge in [0.05, 0.1) is 24.4 Å². The average molecular weight is 353 g/mol. The van der Waals surface area contributed by atoms with Gasteiger partial charge in [-0.25, -0.2) is 4.68 Å². The molecule has 2 fully saturated rings. The summed E-state index contributed by atoms with van der Waals surface area (Å²) in [7, 11) is 0. The van der Waals surface area contributed by atoms with Crippen LogP contribution in [0.4, 0.5) is 0 Å². The number of hydrogen-bond donors (Lipinski definition) is 0. The number of carbonyl (C=O) groups is 1. The first-order valence-electron chi connectivity index (χ1n) is 9.27. The standard InChI is InChI=1S/C20H23N3O3/c24-19-11-10-16(15-6-2-1-3-7-15)21-23(19)14-20(25)22-12-13-26-18-9-5-4-8-17(18)22/h1-3,6-7,10-11,17-18H,4-5,8-9,12-14H2/t17-,18-/m0/s1. The van der Waals surface area contributed by atoms with Crippen LogP contribution in [-0.4, -0.2) is 45.9 Å². The van der Waals surface area contributed by atoms with Crippen LogP contribution in [-0.2, 0) is 16.1 Å². The van der Waals surface area contributed by atoms with Gasteiger partial charge in [-0.15, -0.1) is 0 Å². The number of rotatable bonds is 3. The molecule has 0 unspecified atom stereocenters. The maximum atomic E-state index is 12.9. The minimum absolute atomic E-state index is 0.0251. The van der Waals surface area contributed by atoms with Crippen molar-refractivity contribution in [1.29, 1.82) is 0 Å². The van der Waals surface area contributed by atoms with Gasteiger partial charge in [0.15, 0.2) is 0 Å². The topological polar surface area (TPSA) is 64.4 Å². The lowest BCUT2D eigenvalue weighted by Gasteiger charge is -2.43. The minimum atomic E-state index is -0.258. The van der Waals surface area contributed by atoms with Gasteiger partial charge in [-0.1, -0.05) is 43.2 Å². The lowest BCUT2D eigenvalue weighted by Crippen LogP contribution is -2.55. The van der Waals surface area contributed by atoms with E-state index in [4.69, 9.17) is 4.74 Å². The van der Waals surface area contributed by atoms with E-state index in [1.165, 1.54) is 10.7 Å². The summed E-state index contributed by atoms with van der Waals surface area (Å²) in [5.41, 5.74) is 1.36. The van der Waals surface area contributed by atoms with Crippen molar-refractivity contribution in [3.05, 3.63) is 52.8 Å². The van der Waals surface area contributed by atoms with Gasteiger partial charge in [0.25, 0.3) is 5.56 Å². The number of morpholine rings is 1. The number of nitrogens with zero attached hydrogens (tertiary/aromatic N) is 3. The van der Waals surface area contributed by atoms with Crippen molar-refractivity contribution in [2.24, 2.45) is 0 Å². The normalized spacial score (nSPS) is 22.7. The predicted molar refractivity (Wildman–Crippen MR) is 97.6 cm³/mol. The molecule has 0 bridgehead atoms. The third-order valence-electron chi connectivity index (χ3n) is 5.27. The van der Waals surface area contributed by atoms with Crippen molar-refractivity contribution in [2.45, 2.75) is 44.4 Å². The first-order chi connectivity index (χ1) is 12.7. The Hall–Kier alpha value is -2.47. The van der Waals surface area contributed by atoms with Gasteiger partial charge in [-0.05, 0) is 18.9 Å². The van der Waals surface area contributed by atoms with Crippen LogP contribution in [0.1, 0.15) is 25.7 Å². The minimum Gasteiger partial charge on any atom is -0.374 e. The van der Waals surface area contributed by atoms with Gasteiger partial charge in [0, 0.05) is 18.2 Å². The Bertz CT molecular complexity index is 832. The Kier molecular flexibility index (Phi) is 4.84. The second kappa shape index (κ2) is 7.41. The van der Waals surface area contributed by atoms with Crippen molar-refractivity contribution >= 4 is 5.91 Å². The summed E-state index contributed by atoms with van der Waals surface area (Å²) >= 11 is 0. The second-order valence-electron chi connectivity index (χ2n) is 6.93. The SMILES string of the molecule is O=C(Cn1nc(-c2ccccc2)ccc1=O)N1CCO[C@H]2CCCC[C@@H]21. The van der Waals surface area contributed by atoms with Crippen molar-refractivity contribution in [2.75, 3.05) is 13.2 Å². The zero-order chi connectivity index (χ0) is 17.9. The molecule has 1 aliphatic carbocycles. The molecule has 4 rings (SSSR count). The molecular formula is C20H23N3O3. The number of benzene rings is 1. The van der Waals surface area contributed by atoms with Crippen molar-refractivity contribution < 1.29 is 9.53 Å². The molecule has 1 aromatic heterocycles. The van der Waals surface area contributed by atoms with E-state index in [9.17, 15) is 9.59 Å². The first-order valence-corrected chi connectivity index (χ1v) is 9.27. The summed E-state index contributed by atoms with van der Waals surface area (Å²) in [6.07, 6.45) is 4.40. The van der Waals surface area contributed by atoms with Crippen molar-refractivity contribution in [3.8, 4) is 11.3 Å².